The minimum absolute atomic E-state index is 0.0800. The number of rotatable bonds is 1. The third kappa shape index (κ3) is 1.16. The van der Waals surface area contributed by atoms with Crippen LogP contribution in [0.3, 0.4) is 0 Å². The molecule has 3 aliphatic rings. The summed E-state index contributed by atoms with van der Waals surface area (Å²) in [6.45, 7) is 11.3. The molecule has 0 amide bonds. The molecule has 3 rings (SSSR count). The van der Waals surface area contributed by atoms with Gasteiger partial charge in [-0.3, -0.25) is 0 Å². The van der Waals surface area contributed by atoms with Gasteiger partial charge in [0.1, 0.15) is 0 Å². The summed E-state index contributed by atoms with van der Waals surface area (Å²) < 4.78 is 0. The van der Waals surface area contributed by atoms with Crippen molar-refractivity contribution in [2.75, 3.05) is 0 Å². The quantitative estimate of drug-likeness (QED) is 0.673. The Morgan fingerprint density at radius 2 is 2.12 bits per heavy atom. The lowest BCUT2D eigenvalue weighted by molar-refractivity contribution is -0.0212. The molecule has 16 heavy (non-hydrogen) atoms. The maximum atomic E-state index is 10.3. The van der Waals surface area contributed by atoms with Crippen molar-refractivity contribution in [3.05, 3.63) is 12.2 Å². The number of aliphatic hydroxyl groups is 1. The fraction of sp³-hybridized carbons (Fsp3) is 0.867. The van der Waals surface area contributed by atoms with E-state index in [1.165, 1.54) is 12.0 Å². The topological polar surface area (TPSA) is 20.2 Å². The van der Waals surface area contributed by atoms with Crippen LogP contribution in [0.25, 0.3) is 0 Å². The van der Waals surface area contributed by atoms with E-state index in [2.05, 4.69) is 27.4 Å². The number of hydrogen-bond acceptors (Lipinski definition) is 1. The van der Waals surface area contributed by atoms with E-state index in [9.17, 15) is 5.11 Å². The molecule has 0 aromatic rings. The first-order valence-electron chi connectivity index (χ1n) is 6.82. The van der Waals surface area contributed by atoms with Crippen molar-refractivity contribution in [3.63, 3.8) is 0 Å². The Bertz CT molecular complexity index is 332. The molecule has 6 atom stereocenters. The van der Waals surface area contributed by atoms with Gasteiger partial charge < -0.3 is 5.11 Å². The van der Waals surface area contributed by atoms with Crippen LogP contribution in [-0.4, -0.2) is 11.2 Å². The van der Waals surface area contributed by atoms with Crippen molar-refractivity contribution in [2.24, 2.45) is 35.0 Å². The molecule has 1 heteroatoms. The maximum absolute atomic E-state index is 10.3. The predicted octanol–water partition coefficient (Wildman–Crippen LogP) is 3.24. The molecule has 3 fully saturated rings. The summed E-state index contributed by atoms with van der Waals surface area (Å²) in [6, 6.07) is 0. The lowest BCUT2D eigenvalue weighted by atomic mass is 9.62. The normalized spacial score (nSPS) is 55.1. The smallest absolute Gasteiger partial charge is 0.0602 e. The third-order valence-electron chi connectivity index (χ3n) is 5.77. The molecule has 0 radical (unpaired) electrons. The zero-order valence-electron chi connectivity index (χ0n) is 10.7. The third-order valence-corrected chi connectivity index (χ3v) is 5.77. The Hall–Kier alpha value is -0.300. The lowest BCUT2D eigenvalue weighted by Gasteiger charge is -2.45. The second kappa shape index (κ2) is 3.13. The molecule has 3 aliphatic carbocycles. The fourth-order valence-corrected chi connectivity index (χ4v) is 5.07. The van der Waals surface area contributed by atoms with E-state index >= 15 is 0 Å². The molecule has 0 bridgehead atoms. The molecule has 0 unspecified atom stereocenters. The van der Waals surface area contributed by atoms with Crippen LogP contribution in [0.4, 0.5) is 0 Å². The van der Waals surface area contributed by atoms with E-state index in [4.69, 9.17) is 0 Å². The zero-order chi connectivity index (χ0) is 11.7. The molecule has 3 saturated carbocycles. The highest BCUT2D eigenvalue weighted by Gasteiger charge is 2.68. The highest BCUT2D eigenvalue weighted by Crippen LogP contribution is 2.73. The van der Waals surface area contributed by atoms with E-state index in [1.54, 1.807) is 0 Å². The molecule has 1 N–H and O–H groups in total. The first kappa shape index (κ1) is 10.8. The second-order valence-electron chi connectivity index (χ2n) is 6.96. The van der Waals surface area contributed by atoms with Gasteiger partial charge in [0.2, 0.25) is 0 Å². The Morgan fingerprint density at radius 3 is 2.75 bits per heavy atom. The molecule has 0 aromatic heterocycles. The van der Waals surface area contributed by atoms with E-state index in [1.807, 2.05) is 0 Å². The summed E-state index contributed by atoms with van der Waals surface area (Å²) in [5.41, 5.74) is 1.60. The van der Waals surface area contributed by atoms with Gasteiger partial charge >= 0.3 is 0 Å². The summed E-state index contributed by atoms with van der Waals surface area (Å²) in [5, 5.41) is 10.3. The maximum Gasteiger partial charge on any atom is 0.0602 e. The van der Waals surface area contributed by atoms with Crippen molar-refractivity contribution < 1.29 is 5.11 Å². The highest BCUT2D eigenvalue weighted by molar-refractivity contribution is 5.26. The molecule has 0 spiro atoms. The largest absolute Gasteiger partial charge is 0.393 e. The van der Waals surface area contributed by atoms with Crippen molar-refractivity contribution in [2.45, 2.75) is 46.1 Å². The van der Waals surface area contributed by atoms with Crippen LogP contribution in [0.15, 0.2) is 12.2 Å². The minimum Gasteiger partial charge on any atom is -0.393 e. The van der Waals surface area contributed by atoms with E-state index in [0.717, 1.165) is 36.5 Å². The molecule has 90 valence electrons. The van der Waals surface area contributed by atoms with E-state index in [-0.39, 0.29) is 11.5 Å². The van der Waals surface area contributed by atoms with Crippen LogP contribution in [0.1, 0.15) is 40.0 Å². The number of allylic oxidation sites excluding steroid dienone is 1. The predicted molar refractivity (Wildman–Crippen MR) is 65.9 cm³/mol. The molecule has 0 saturated heterocycles. The average molecular weight is 220 g/mol. The van der Waals surface area contributed by atoms with Crippen LogP contribution >= 0.6 is 0 Å². The SMILES string of the molecule is C=C1CC[C@@H](O)[C@]2(C)C[C@@H]3[C@H](C(C)C)[C@H]3[C@@H]12. The van der Waals surface area contributed by atoms with Gasteiger partial charge in [-0.05, 0) is 48.9 Å². The van der Waals surface area contributed by atoms with Crippen molar-refractivity contribution in [1.82, 2.24) is 0 Å². The van der Waals surface area contributed by atoms with Crippen LogP contribution in [0.2, 0.25) is 0 Å². The van der Waals surface area contributed by atoms with Crippen LogP contribution in [0, 0.1) is 35.0 Å². The van der Waals surface area contributed by atoms with E-state index in [0.29, 0.717) is 5.92 Å². The van der Waals surface area contributed by atoms with Gasteiger partial charge in [0.05, 0.1) is 6.10 Å². The zero-order valence-corrected chi connectivity index (χ0v) is 10.7. The second-order valence-corrected chi connectivity index (χ2v) is 6.96. The van der Waals surface area contributed by atoms with Gasteiger partial charge in [0.25, 0.3) is 0 Å². The van der Waals surface area contributed by atoms with Gasteiger partial charge in [-0.2, -0.15) is 0 Å². The Labute approximate surface area is 98.9 Å². The first-order chi connectivity index (χ1) is 7.47. The van der Waals surface area contributed by atoms with Gasteiger partial charge in [0, 0.05) is 5.41 Å². The van der Waals surface area contributed by atoms with Crippen molar-refractivity contribution >= 4 is 0 Å². The molecular formula is C15H24O. The standard InChI is InChI=1S/C15H24O/c1-8(2)12-10-7-15(4)11(16)6-5-9(3)14(15)13(10)12/h8,10-14,16H,3,5-7H2,1-2,4H3/t10-,11-,12+,13+,14-,15+/m1/s1. The lowest BCUT2D eigenvalue weighted by Crippen LogP contribution is -2.43. The molecule has 0 aromatic carbocycles. The van der Waals surface area contributed by atoms with Gasteiger partial charge in [-0.15, -0.1) is 0 Å². The summed E-state index contributed by atoms with van der Waals surface area (Å²) in [4.78, 5) is 0. The number of hydrogen-bond donors (Lipinski definition) is 1. The van der Waals surface area contributed by atoms with Crippen LogP contribution in [-0.2, 0) is 0 Å². The average Bonchev–Trinajstić information content (AvgIpc) is 2.78. The van der Waals surface area contributed by atoms with Crippen molar-refractivity contribution in [3.8, 4) is 0 Å². The Morgan fingerprint density at radius 1 is 1.44 bits per heavy atom. The van der Waals surface area contributed by atoms with Crippen LogP contribution < -0.4 is 0 Å². The summed E-state index contributed by atoms with van der Waals surface area (Å²) >= 11 is 0. The van der Waals surface area contributed by atoms with Gasteiger partial charge in [-0.1, -0.05) is 32.9 Å². The number of fused-ring (bicyclic) bond motifs is 3. The van der Waals surface area contributed by atoms with Gasteiger partial charge in [0.15, 0.2) is 0 Å². The Balaban J connectivity index is 1.89. The Kier molecular flexibility index (Phi) is 2.12. The van der Waals surface area contributed by atoms with Crippen LogP contribution in [0.5, 0.6) is 0 Å². The molecular weight excluding hydrogens is 196 g/mol. The van der Waals surface area contributed by atoms with Gasteiger partial charge in [-0.25, -0.2) is 0 Å². The summed E-state index contributed by atoms with van der Waals surface area (Å²) in [5.74, 6) is 4.09. The summed E-state index contributed by atoms with van der Waals surface area (Å²) in [6.07, 6.45) is 3.15. The first-order valence-corrected chi connectivity index (χ1v) is 6.82. The highest BCUT2D eigenvalue weighted by atomic mass is 16.3. The van der Waals surface area contributed by atoms with E-state index < -0.39 is 0 Å². The van der Waals surface area contributed by atoms with Crippen molar-refractivity contribution in [1.29, 1.82) is 0 Å². The molecule has 0 heterocycles. The monoisotopic (exact) mass is 220 g/mol. The molecule has 1 nitrogen and oxygen atoms in total. The summed E-state index contributed by atoms with van der Waals surface area (Å²) in [7, 11) is 0. The minimum atomic E-state index is -0.0800. The number of aliphatic hydroxyl groups excluding tert-OH is 1. The fourth-order valence-electron chi connectivity index (χ4n) is 5.07. The molecule has 0 aliphatic heterocycles.